The molecule has 0 radical (unpaired) electrons. The van der Waals surface area contributed by atoms with Gasteiger partial charge in [-0.15, -0.1) is 0 Å². The van der Waals surface area contributed by atoms with Crippen molar-refractivity contribution in [2.75, 3.05) is 31.6 Å². The quantitative estimate of drug-likeness (QED) is 0.878. The van der Waals surface area contributed by atoms with Crippen LogP contribution in [-0.2, 0) is 14.8 Å². The number of halogens is 1. The first kappa shape index (κ1) is 17.7. The fourth-order valence-corrected chi connectivity index (χ4v) is 4.00. The van der Waals surface area contributed by atoms with Crippen LogP contribution >= 0.6 is 0 Å². The summed E-state index contributed by atoms with van der Waals surface area (Å²) in [5, 5.41) is 1.93. The minimum atomic E-state index is -3.53. The van der Waals surface area contributed by atoms with Crippen molar-refractivity contribution in [2.24, 2.45) is 0 Å². The van der Waals surface area contributed by atoms with Crippen LogP contribution in [0.4, 0.5) is 10.1 Å². The Morgan fingerprint density at radius 3 is 2.39 bits per heavy atom. The van der Waals surface area contributed by atoms with Crippen LogP contribution in [0.5, 0.6) is 0 Å². The van der Waals surface area contributed by atoms with Gasteiger partial charge in [-0.3, -0.25) is 4.79 Å². The summed E-state index contributed by atoms with van der Waals surface area (Å²) in [5.41, 5.74) is 0.766. The van der Waals surface area contributed by atoms with Gasteiger partial charge >= 0.3 is 0 Å². The van der Waals surface area contributed by atoms with E-state index in [2.05, 4.69) is 5.32 Å². The topological polar surface area (TPSA) is 69.7 Å². The smallest absolute Gasteiger partial charge is 0.240 e. The maximum atomic E-state index is 13.1. The summed E-state index contributed by atoms with van der Waals surface area (Å²) in [4.78, 5) is 14.1. The highest BCUT2D eigenvalue weighted by Crippen LogP contribution is 2.23. The van der Waals surface area contributed by atoms with E-state index in [4.69, 9.17) is 0 Å². The Kier molecular flexibility index (Phi) is 5.26. The lowest BCUT2D eigenvalue weighted by Gasteiger charge is -2.41. The Labute approximate surface area is 136 Å². The molecule has 1 heterocycles. The first-order valence-electron chi connectivity index (χ1n) is 7.50. The van der Waals surface area contributed by atoms with Gasteiger partial charge in [0.2, 0.25) is 15.9 Å². The fraction of sp³-hybridized carbons (Fsp3) is 0.533. The van der Waals surface area contributed by atoms with Crippen LogP contribution in [0.3, 0.4) is 0 Å². The van der Waals surface area contributed by atoms with Gasteiger partial charge in [-0.25, -0.2) is 12.8 Å². The van der Waals surface area contributed by atoms with Gasteiger partial charge in [0.25, 0.3) is 0 Å². The number of carbonyl (C=O) groups is 1. The standard InChI is InChI=1S/C15H22FN3O3S/c1-11(2)23(21,22)19-9-8-18(10-14(19)15(20)17-3)13-6-4-12(16)5-7-13/h4-7,11,14H,8-10H2,1-3H3,(H,17,20). The number of hydrogen-bond acceptors (Lipinski definition) is 4. The highest BCUT2D eigenvalue weighted by atomic mass is 32.2. The minimum absolute atomic E-state index is 0.218. The molecule has 2 rings (SSSR count). The van der Waals surface area contributed by atoms with E-state index in [0.29, 0.717) is 6.54 Å². The fourth-order valence-electron chi connectivity index (χ4n) is 2.61. The van der Waals surface area contributed by atoms with Crippen molar-refractivity contribution in [2.45, 2.75) is 25.1 Å². The summed E-state index contributed by atoms with van der Waals surface area (Å²) >= 11 is 0. The van der Waals surface area contributed by atoms with Gasteiger partial charge in [0, 0.05) is 32.4 Å². The molecule has 0 aliphatic carbocycles. The van der Waals surface area contributed by atoms with E-state index in [1.165, 1.54) is 23.5 Å². The third-order valence-electron chi connectivity index (χ3n) is 3.99. The molecule has 0 aromatic heterocycles. The number of hydrogen-bond donors (Lipinski definition) is 1. The van der Waals surface area contributed by atoms with Gasteiger partial charge in [-0.2, -0.15) is 4.31 Å². The van der Waals surface area contributed by atoms with Crippen LogP contribution < -0.4 is 10.2 Å². The Morgan fingerprint density at radius 2 is 1.87 bits per heavy atom. The van der Waals surface area contributed by atoms with Gasteiger partial charge < -0.3 is 10.2 Å². The Bertz CT molecular complexity index is 661. The first-order valence-corrected chi connectivity index (χ1v) is 9.00. The molecule has 6 nitrogen and oxygen atoms in total. The van der Waals surface area contributed by atoms with E-state index in [9.17, 15) is 17.6 Å². The lowest BCUT2D eigenvalue weighted by atomic mass is 10.1. The molecule has 1 aromatic rings. The molecular formula is C15H22FN3O3S. The number of anilines is 1. The van der Waals surface area contributed by atoms with Crippen LogP contribution in [0.15, 0.2) is 24.3 Å². The molecule has 1 unspecified atom stereocenters. The Hall–Kier alpha value is -1.67. The second-order valence-corrected chi connectivity index (χ2v) is 8.20. The minimum Gasteiger partial charge on any atom is -0.368 e. The predicted octanol–water partition coefficient (Wildman–Crippen LogP) is 0.800. The third kappa shape index (κ3) is 3.64. The number of piperazine rings is 1. The first-order chi connectivity index (χ1) is 10.8. The van der Waals surface area contributed by atoms with Crippen molar-refractivity contribution < 1.29 is 17.6 Å². The van der Waals surface area contributed by atoms with Gasteiger partial charge in [-0.1, -0.05) is 0 Å². The summed E-state index contributed by atoms with van der Waals surface area (Å²) in [5.74, 6) is -0.682. The zero-order valence-corrected chi connectivity index (χ0v) is 14.3. The van der Waals surface area contributed by atoms with Crippen molar-refractivity contribution in [3.8, 4) is 0 Å². The van der Waals surface area contributed by atoms with Crippen LogP contribution in [0.25, 0.3) is 0 Å². The highest BCUT2D eigenvalue weighted by molar-refractivity contribution is 7.89. The average Bonchev–Trinajstić information content (AvgIpc) is 2.54. The van der Waals surface area contributed by atoms with Crippen molar-refractivity contribution in [1.29, 1.82) is 0 Å². The SMILES string of the molecule is CNC(=O)C1CN(c2ccc(F)cc2)CCN1S(=O)(=O)C(C)C. The van der Waals surface area contributed by atoms with Crippen LogP contribution in [0.1, 0.15) is 13.8 Å². The van der Waals surface area contributed by atoms with Crippen molar-refractivity contribution in [3.63, 3.8) is 0 Å². The van der Waals surface area contributed by atoms with Gasteiger partial charge in [-0.05, 0) is 38.1 Å². The summed E-state index contributed by atoms with van der Waals surface area (Å²) in [7, 11) is -2.05. The maximum absolute atomic E-state index is 13.1. The monoisotopic (exact) mass is 343 g/mol. The number of benzene rings is 1. The summed E-state index contributed by atoms with van der Waals surface area (Å²) in [6.07, 6.45) is 0. The number of sulfonamides is 1. The van der Waals surface area contributed by atoms with E-state index in [1.807, 2.05) is 4.90 Å². The van der Waals surface area contributed by atoms with E-state index in [0.717, 1.165) is 5.69 Å². The largest absolute Gasteiger partial charge is 0.368 e. The number of likely N-dealkylation sites (N-methyl/N-ethyl adjacent to an activating group) is 1. The molecule has 0 bridgehead atoms. The van der Waals surface area contributed by atoms with E-state index in [-0.39, 0.29) is 24.8 Å². The maximum Gasteiger partial charge on any atom is 0.240 e. The number of carbonyl (C=O) groups excluding carboxylic acids is 1. The average molecular weight is 343 g/mol. The molecule has 1 N–H and O–H groups in total. The number of nitrogens with one attached hydrogen (secondary N) is 1. The lowest BCUT2D eigenvalue weighted by molar-refractivity contribution is -0.124. The molecule has 128 valence electrons. The van der Waals surface area contributed by atoms with E-state index in [1.54, 1.807) is 26.0 Å². The molecule has 1 aliphatic heterocycles. The molecule has 1 atom stereocenters. The second kappa shape index (κ2) is 6.84. The van der Waals surface area contributed by atoms with Gasteiger partial charge in [0.1, 0.15) is 11.9 Å². The molecule has 1 aliphatic rings. The van der Waals surface area contributed by atoms with Crippen LogP contribution in [0.2, 0.25) is 0 Å². The van der Waals surface area contributed by atoms with E-state index < -0.39 is 21.3 Å². The van der Waals surface area contributed by atoms with Crippen LogP contribution in [-0.4, -0.2) is 56.6 Å². The van der Waals surface area contributed by atoms with Gasteiger partial charge in [0.05, 0.1) is 5.25 Å². The number of rotatable bonds is 4. The zero-order chi connectivity index (χ0) is 17.2. The highest BCUT2D eigenvalue weighted by Gasteiger charge is 2.40. The lowest BCUT2D eigenvalue weighted by Crippen LogP contribution is -2.61. The van der Waals surface area contributed by atoms with Crippen molar-refractivity contribution in [1.82, 2.24) is 9.62 Å². The zero-order valence-electron chi connectivity index (χ0n) is 13.5. The summed E-state index contributed by atoms with van der Waals surface area (Å²) in [6, 6.07) is 5.15. The van der Waals surface area contributed by atoms with E-state index >= 15 is 0 Å². The summed E-state index contributed by atoms with van der Waals surface area (Å²) < 4.78 is 39.3. The predicted molar refractivity (Wildman–Crippen MR) is 87.2 cm³/mol. The molecule has 1 amide bonds. The molecule has 23 heavy (non-hydrogen) atoms. The molecule has 1 fully saturated rings. The van der Waals surface area contributed by atoms with Crippen molar-refractivity contribution >= 4 is 21.6 Å². The Morgan fingerprint density at radius 1 is 1.26 bits per heavy atom. The third-order valence-corrected chi connectivity index (χ3v) is 6.28. The number of amides is 1. The Balaban J connectivity index is 2.28. The molecule has 0 saturated carbocycles. The molecular weight excluding hydrogens is 321 g/mol. The molecule has 1 aromatic carbocycles. The normalized spacial score (nSPS) is 19.9. The van der Waals surface area contributed by atoms with Crippen LogP contribution in [0, 0.1) is 5.82 Å². The molecule has 8 heteroatoms. The second-order valence-electron chi connectivity index (χ2n) is 5.76. The van der Waals surface area contributed by atoms with Gasteiger partial charge in [0.15, 0.2) is 0 Å². The van der Waals surface area contributed by atoms with Crippen molar-refractivity contribution in [3.05, 3.63) is 30.1 Å². The molecule has 0 spiro atoms. The molecule has 1 saturated heterocycles. The number of nitrogens with zero attached hydrogens (tertiary/aromatic N) is 2. The summed E-state index contributed by atoms with van der Waals surface area (Å²) in [6.45, 7) is 4.10.